The first-order chi connectivity index (χ1) is 16.0. The number of nitrogens with one attached hydrogen (secondary N) is 1. The maximum Gasteiger partial charge on any atom is 0.259 e. The number of pyridine rings is 1. The Morgan fingerprint density at radius 2 is 1.91 bits per heavy atom. The average Bonchev–Trinajstić information content (AvgIpc) is 3.54. The van der Waals surface area contributed by atoms with Crippen LogP contribution < -0.4 is 5.32 Å². The first-order valence-electron chi connectivity index (χ1n) is 10.4. The number of anilines is 1. The fourth-order valence-corrected chi connectivity index (χ4v) is 3.59. The van der Waals surface area contributed by atoms with Gasteiger partial charge in [-0.05, 0) is 49.2 Å². The molecule has 5 rings (SSSR count). The molecule has 0 bridgehead atoms. The summed E-state index contributed by atoms with van der Waals surface area (Å²) in [6, 6.07) is 9.49. The van der Waals surface area contributed by atoms with Gasteiger partial charge in [-0.1, -0.05) is 6.07 Å². The van der Waals surface area contributed by atoms with Crippen molar-refractivity contribution in [3.8, 4) is 16.8 Å². The zero-order valence-corrected chi connectivity index (χ0v) is 18.2. The van der Waals surface area contributed by atoms with E-state index < -0.39 is 0 Å². The van der Waals surface area contributed by atoms with Crippen molar-refractivity contribution >= 4 is 17.1 Å². The zero-order valence-electron chi connectivity index (χ0n) is 18.2. The lowest BCUT2D eigenvalue weighted by atomic mass is 10.1. The molecule has 4 heterocycles. The van der Waals surface area contributed by atoms with Crippen LogP contribution in [-0.4, -0.2) is 52.0 Å². The van der Waals surface area contributed by atoms with Crippen molar-refractivity contribution in [2.24, 2.45) is 0 Å². The highest BCUT2D eigenvalue weighted by Gasteiger charge is 2.16. The number of hydrogen-bond acceptors (Lipinski definition) is 6. The summed E-state index contributed by atoms with van der Waals surface area (Å²) < 4.78 is 3.34. The standard InChI is InChI=1S/C23H22N8O2/c1-15-3-4-19(31-26-11-16(2)28-31)10-21(15)27-23(33)20-13-25-30-6-5-17(9-22(20)30)18-12-24-29(14-18)7-8-32/h3-6,9-14,32H,7-8H2,1-2H3,(H,27,33). The van der Waals surface area contributed by atoms with E-state index in [2.05, 4.69) is 25.7 Å². The van der Waals surface area contributed by atoms with Crippen molar-refractivity contribution in [3.63, 3.8) is 0 Å². The van der Waals surface area contributed by atoms with E-state index in [0.717, 1.165) is 28.1 Å². The topological polar surface area (TPSA) is 115 Å². The van der Waals surface area contributed by atoms with E-state index in [1.807, 2.05) is 56.6 Å². The fraction of sp³-hybridized carbons (Fsp3) is 0.174. The van der Waals surface area contributed by atoms with Crippen molar-refractivity contribution in [1.82, 2.24) is 34.4 Å². The minimum absolute atomic E-state index is 0.0176. The van der Waals surface area contributed by atoms with Gasteiger partial charge in [-0.25, -0.2) is 4.52 Å². The van der Waals surface area contributed by atoms with Gasteiger partial charge in [-0.15, -0.1) is 0 Å². The Morgan fingerprint density at radius 3 is 2.70 bits per heavy atom. The van der Waals surface area contributed by atoms with Gasteiger partial charge >= 0.3 is 0 Å². The number of nitrogens with zero attached hydrogens (tertiary/aromatic N) is 7. The number of aryl methyl sites for hydroxylation is 2. The predicted molar refractivity (Wildman–Crippen MR) is 122 cm³/mol. The molecule has 2 N–H and O–H groups in total. The summed E-state index contributed by atoms with van der Waals surface area (Å²) >= 11 is 0. The van der Waals surface area contributed by atoms with E-state index in [9.17, 15) is 4.79 Å². The van der Waals surface area contributed by atoms with Crippen molar-refractivity contribution in [1.29, 1.82) is 0 Å². The van der Waals surface area contributed by atoms with Crippen molar-refractivity contribution in [2.75, 3.05) is 11.9 Å². The van der Waals surface area contributed by atoms with Gasteiger partial charge < -0.3 is 10.4 Å². The van der Waals surface area contributed by atoms with Gasteiger partial charge in [-0.3, -0.25) is 9.48 Å². The third kappa shape index (κ3) is 3.99. The second kappa shape index (κ2) is 8.32. The number of benzene rings is 1. The van der Waals surface area contributed by atoms with Crippen LogP contribution in [0, 0.1) is 13.8 Å². The molecule has 0 aliphatic rings. The molecule has 0 aliphatic heterocycles. The van der Waals surface area contributed by atoms with E-state index in [4.69, 9.17) is 5.11 Å². The highest BCUT2D eigenvalue weighted by molar-refractivity contribution is 6.09. The van der Waals surface area contributed by atoms with Gasteiger partial charge in [0.25, 0.3) is 5.91 Å². The minimum Gasteiger partial charge on any atom is -0.394 e. The Hall–Kier alpha value is -4.31. The number of aliphatic hydroxyl groups excluding tert-OH is 1. The van der Waals surface area contributed by atoms with Gasteiger partial charge in [0.1, 0.15) is 0 Å². The van der Waals surface area contributed by atoms with Crippen molar-refractivity contribution in [2.45, 2.75) is 20.4 Å². The molecular weight excluding hydrogens is 420 g/mol. The molecule has 0 saturated carbocycles. The highest BCUT2D eigenvalue weighted by atomic mass is 16.3. The molecule has 0 aliphatic carbocycles. The van der Waals surface area contributed by atoms with E-state index in [1.165, 1.54) is 4.80 Å². The van der Waals surface area contributed by atoms with Gasteiger partial charge in [0, 0.05) is 23.6 Å². The number of amides is 1. The normalized spacial score (nSPS) is 11.2. The summed E-state index contributed by atoms with van der Waals surface area (Å²) in [5.74, 6) is -0.261. The first-order valence-corrected chi connectivity index (χ1v) is 10.4. The maximum atomic E-state index is 13.2. The van der Waals surface area contributed by atoms with Crippen LogP contribution in [0.15, 0.2) is 61.3 Å². The van der Waals surface area contributed by atoms with Gasteiger partial charge in [0.15, 0.2) is 0 Å². The molecule has 1 amide bonds. The summed E-state index contributed by atoms with van der Waals surface area (Å²) in [5, 5.41) is 29.2. The van der Waals surface area contributed by atoms with Gasteiger partial charge in [0.2, 0.25) is 0 Å². The monoisotopic (exact) mass is 442 g/mol. The Bertz CT molecular complexity index is 1460. The number of hydrogen-bond donors (Lipinski definition) is 2. The Labute approximate surface area is 189 Å². The van der Waals surface area contributed by atoms with Crippen LogP contribution in [0.5, 0.6) is 0 Å². The molecule has 1 aromatic carbocycles. The molecule has 5 aromatic rings. The Balaban J connectivity index is 1.45. The molecule has 0 spiro atoms. The SMILES string of the molecule is Cc1cnn(-c2ccc(C)c(NC(=O)c3cnn4ccc(-c5cnn(CCO)c5)cc34)c2)n1. The number of rotatable bonds is 6. The van der Waals surface area contributed by atoms with Crippen LogP contribution in [0.4, 0.5) is 5.69 Å². The second-order valence-electron chi connectivity index (χ2n) is 7.75. The predicted octanol–water partition coefficient (Wildman–Crippen LogP) is 2.64. The Morgan fingerprint density at radius 1 is 1.03 bits per heavy atom. The summed E-state index contributed by atoms with van der Waals surface area (Å²) in [4.78, 5) is 14.7. The van der Waals surface area contributed by atoms with E-state index in [-0.39, 0.29) is 12.5 Å². The lowest BCUT2D eigenvalue weighted by Crippen LogP contribution is -2.13. The largest absolute Gasteiger partial charge is 0.394 e. The Kier molecular flexibility index (Phi) is 5.19. The quantitative estimate of drug-likeness (QED) is 0.418. The van der Waals surface area contributed by atoms with Crippen LogP contribution >= 0.6 is 0 Å². The van der Waals surface area contributed by atoms with Crippen LogP contribution in [-0.2, 0) is 6.54 Å². The average molecular weight is 442 g/mol. The summed E-state index contributed by atoms with van der Waals surface area (Å²) in [5.41, 5.74) is 6.09. The third-order valence-corrected chi connectivity index (χ3v) is 5.37. The fourth-order valence-electron chi connectivity index (χ4n) is 3.59. The maximum absolute atomic E-state index is 13.2. The van der Waals surface area contributed by atoms with Crippen molar-refractivity contribution in [3.05, 3.63) is 78.1 Å². The summed E-state index contributed by atoms with van der Waals surface area (Å²) in [6.07, 6.45) is 8.64. The van der Waals surface area contributed by atoms with Crippen LogP contribution in [0.1, 0.15) is 21.6 Å². The minimum atomic E-state index is -0.261. The lowest BCUT2D eigenvalue weighted by Gasteiger charge is -2.10. The number of carbonyl (C=O) groups excluding carboxylic acids is 1. The number of carbonyl (C=O) groups is 1. The molecule has 0 unspecified atom stereocenters. The summed E-state index contributed by atoms with van der Waals surface area (Å²) in [7, 11) is 0. The van der Waals surface area contributed by atoms with Crippen LogP contribution in [0.3, 0.4) is 0 Å². The smallest absolute Gasteiger partial charge is 0.259 e. The number of aliphatic hydroxyl groups is 1. The van der Waals surface area contributed by atoms with E-state index >= 15 is 0 Å². The third-order valence-electron chi connectivity index (χ3n) is 5.37. The molecule has 10 heteroatoms. The van der Waals surface area contributed by atoms with Crippen molar-refractivity contribution < 1.29 is 9.90 Å². The first kappa shape index (κ1) is 20.6. The second-order valence-corrected chi connectivity index (χ2v) is 7.75. The molecule has 166 valence electrons. The molecule has 0 radical (unpaired) electrons. The van der Waals surface area contributed by atoms with Crippen LogP contribution in [0.2, 0.25) is 0 Å². The molecule has 4 aromatic heterocycles. The molecular formula is C23H22N8O2. The molecule has 0 atom stereocenters. The van der Waals surface area contributed by atoms with E-state index in [1.54, 1.807) is 27.8 Å². The molecule has 33 heavy (non-hydrogen) atoms. The molecule has 0 fully saturated rings. The number of aromatic nitrogens is 7. The van der Waals surface area contributed by atoms with Gasteiger partial charge in [0.05, 0.1) is 54.2 Å². The number of fused-ring (bicyclic) bond motifs is 1. The zero-order chi connectivity index (χ0) is 22.9. The van der Waals surface area contributed by atoms with E-state index in [0.29, 0.717) is 23.3 Å². The molecule has 10 nitrogen and oxygen atoms in total. The highest BCUT2D eigenvalue weighted by Crippen LogP contribution is 2.24. The van der Waals surface area contributed by atoms with Gasteiger partial charge in [-0.2, -0.15) is 25.2 Å². The molecule has 0 saturated heterocycles. The lowest BCUT2D eigenvalue weighted by molar-refractivity contribution is 0.102. The van der Waals surface area contributed by atoms with Crippen LogP contribution in [0.25, 0.3) is 22.3 Å². The summed E-state index contributed by atoms with van der Waals surface area (Å²) in [6.45, 7) is 4.25.